The SMILES string of the molecule is c1ccc(-c2ccc(-c3ccccc3N(c3ccc(-c4cccc5c4oc4ccccc45)cc3)c3cccc(-c4ccccc4)c3-c3ccccc3-c3ccccc3)cc2)cc1. The van der Waals surface area contributed by atoms with Gasteiger partial charge in [-0.15, -0.1) is 0 Å². The van der Waals surface area contributed by atoms with Crippen LogP contribution in [0.2, 0.25) is 0 Å². The summed E-state index contributed by atoms with van der Waals surface area (Å²) < 4.78 is 6.51. The van der Waals surface area contributed by atoms with Gasteiger partial charge < -0.3 is 9.32 Å². The minimum absolute atomic E-state index is 0.896. The Hall–Kier alpha value is -8.20. The van der Waals surface area contributed by atoms with Gasteiger partial charge in [-0.2, -0.15) is 0 Å². The first kappa shape index (κ1) is 36.8. The fourth-order valence-corrected chi connectivity index (χ4v) is 9.00. The molecule has 2 nitrogen and oxygen atoms in total. The van der Waals surface area contributed by atoms with Crippen LogP contribution in [0.3, 0.4) is 0 Å². The smallest absolute Gasteiger partial charge is 0.143 e. The molecule has 11 aromatic rings. The van der Waals surface area contributed by atoms with Crippen molar-refractivity contribution in [1.82, 2.24) is 0 Å². The van der Waals surface area contributed by atoms with Crippen LogP contribution in [0.15, 0.2) is 253 Å². The molecular formula is C60H41NO. The molecule has 0 spiro atoms. The van der Waals surface area contributed by atoms with Crippen LogP contribution < -0.4 is 4.90 Å². The number of fused-ring (bicyclic) bond motifs is 3. The van der Waals surface area contributed by atoms with E-state index in [2.05, 4.69) is 241 Å². The molecule has 0 fully saturated rings. The second kappa shape index (κ2) is 16.1. The molecule has 0 atom stereocenters. The van der Waals surface area contributed by atoms with E-state index in [1.807, 2.05) is 12.1 Å². The minimum atomic E-state index is 0.896. The molecule has 0 aliphatic heterocycles. The maximum atomic E-state index is 6.51. The van der Waals surface area contributed by atoms with E-state index >= 15 is 0 Å². The zero-order chi connectivity index (χ0) is 41.2. The minimum Gasteiger partial charge on any atom is -0.455 e. The van der Waals surface area contributed by atoms with Gasteiger partial charge in [-0.05, 0) is 80.4 Å². The molecule has 2 heteroatoms. The van der Waals surface area contributed by atoms with Gasteiger partial charge in [0.2, 0.25) is 0 Å². The predicted octanol–water partition coefficient (Wildman–Crippen LogP) is 17.1. The summed E-state index contributed by atoms with van der Waals surface area (Å²) in [6.07, 6.45) is 0. The van der Waals surface area contributed by atoms with E-state index in [0.717, 1.165) is 83.5 Å². The van der Waals surface area contributed by atoms with Crippen LogP contribution >= 0.6 is 0 Å². The summed E-state index contributed by atoms with van der Waals surface area (Å²) in [5.74, 6) is 0. The van der Waals surface area contributed by atoms with E-state index in [9.17, 15) is 0 Å². The van der Waals surface area contributed by atoms with Gasteiger partial charge in [0.15, 0.2) is 0 Å². The zero-order valence-electron chi connectivity index (χ0n) is 34.0. The van der Waals surface area contributed by atoms with Gasteiger partial charge in [-0.3, -0.25) is 0 Å². The van der Waals surface area contributed by atoms with Gasteiger partial charge in [-0.1, -0.05) is 218 Å². The summed E-state index contributed by atoms with van der Waals surface area (Å²) in [7, 11) is 0. The van der Waals surface area contributed by atoms with Crippen molar-refractivity contribution in [2.75, 3.05) is 4.90 Å². The van der Waals surface area contributed by atoms with Crippen LogP contribution in [-0.4, -0.2) is 0 Å². The number of anilines is 3. The van der Waals surface area contributed by atoms with Gasteiger partial charge in [0, 0.05) is 33.2 Å². The number of furan rings is 1. The fraction of sp³-hybridized carbons (Fsp3) is 0. The molecule has 0 aliphatic carbocycles. The van der Waals surface area contributed by atoms with Crippen LogP contribution in [0, 0.1) is 0 Å². The fourth-order valence-electron chi connectivity index (χ4n) is 9.00. The van der Waals surface area contributed by atoms with E-state index in [1.54, 1.807) is 0 Å². The van der Waals surface area contributed by atoms with E-state index in [-0.39, 0.29) is 0 Å². The monoisotopic (exact) mass is 791 g/mol. The molecule has 0 radical (unpaired) electrons. The normalized spacial score (nSPS) is 11.2. The highest BCUT2D eigenvalue weighted by atomic mass is 16.3. The number of hydrogen-bond acceptors (Lipinski definition) is 2. The van der Waals surface area contributed by atoms with Crippen molar-refractivity contribution in [1.29, 1.82) is 0 Å². The Bertz CT molecular complexity index is 3310. The van der Waals surface area contributed by atoms with Gasteiger partial charge in [0.1, 0.15) is 11.2 Å². The number of hydrogen-bond donors (Lipinski definition) is 0. The number of rotatable bonds is 9. The maximum absolute atomic E-state index is 6.51. The summed E-state index contributed by atoms with van der Waals surface area (Å²) in [4.78, 5) is 2.45. The predicted molar refractivity (Wildman–Crippen MR) is 261 cm³/mol. The molecule has 0 N–H and O–H groups in total. The third kappa shape index (κ3) is 6.74. The average molecular weight is 792 g/mol. The summed E-state index contributed by atoms with van der Waals surface area (Å²) >= 11 is 0. The first-order valence-electron chi connectivity index (χ1n) is 21.2. The second-order valence-corrected chi connectivity index (χ2v) is 15.6. The van der Waals surface area contributed by atoms with E-state index in [1.165, 1.54) is 22.3 Å². The molecule has 0 saturated carbocycles. The topological polar surface area (TPSA) is 16.4 Å². The number of para-hydroxylation sites is 3. The summed E-state index contributed by atoms with van der Waals surface area (Å²) in [6, 6.07) is 89.1. The number of nitrogens with zero attached hydrogens (tertiary/aromatic N) is 1. The van der Waals surface area contributed by atoms with Crippen molar-refractivity contribution in [2.24, 2.45) is 0 Å². The lowest BCUT2D eigenvalue weighted by atomic mass is 9.87. The molecule has 0 saturated heterocycles. The van der Waals surface area contributed by atoms with Crippen LogP contribution in [0.1, 0.15) is 0 Å². The second-order valence-electron chi connectivity index (χ2n) is 15.6. The van der Waals surface area contributed by atoms with Gasteiger partial charge >= 0.3 is 0 Å². The molecule has 0 amide bonds. The molecule has 1 aromatic heterocycles. The lowest BCUT2D eigenvalue weighted by Gasteiger charge is -2.31. The van der Waals surface area contributed by atoms with E-state index < -0.39 is 0 Å². The van der Waals surface area contributed by atoms with Crippen LogP contribution in [0.5, 0.6) is 0 Å². The highest BCUT2D eigenvalue weighted by Crippen LogP contribution is 2.50. The van der Waals surface area contributed by atoms with Crippen LogP contribution in [0.25, 0.3) is 88.7 Å². The highest BCUT2D eigenvalue weighted by molar-refractivity contribution is 6.10. The Labute approximate surface area is 362 Å². The maximum Gasteiger partial charge on any atom is 0.143 e. The Kier molecular flexibility index (Phi) is 9.57. The quantitative estimate of drug-likeness (QED) is 0.145. The Morgan fingerprint density at radius 3 is 1.42 bits per heavy atom. The lowest BCUT2D eigenvalue weighted by Crippen LogP contribution is -2.13. The molecule has 1 heterocycles. The van der Waals surface area contributed by atoms with Crippen molar-refractivity contribution in [3.63, 3.8) is 0 Å². The molecular weight excluding hydrogens is 751 g/mol. The third-order valence-electron chi connectivity index (χ3n) is 11.9. The zero-order valence-corrected chi connectivity index (χ0v) is 34.0. The lowest BCUT2D eigenvalue weighted by molar-refractivity contribution is 0.670. The van der Waals surface area contributed by atoms with Crippen molar-refractivity contribution in [3.8, 4) is 66.8 Å². The molecule has 11 rings (SSSR count). The Morgan fingerprint density at radius 1 is 0.258 bits per heavy atom. The van der Waals surface area contributed by atoms with Crippen LogP contribution in [0.4, 0.5) is 17.1 Å². The van der Waals surface area contributed by atoms with Crippen LogP contribution in [-0.2, 0) is 0 Å². The third-order valence-corrected chi connectivity index (χ3v) is 11.9. The van der Waals surface area contributed by atoms with Gasteiger partial charge in [0.05, 0.1) is 11.4 Å². The Balaban J connectivity index is 1.14. The average Bonchev–Trinajstić information content (AvgIpc) is 3.74. The first-order valence-corrected chi connectivity index (χ1v) is 21.2. The molecule has 292 valence electrons. The van der Waals surface area contributed by atoms with Gasteiger partial charge in [0.25, 0.3) is 0 Å². The highest BCUT2D eigenvalue weighted by Gasteiger charge is 2.25. The molecule has 0 unspecified atom stereocenters. The van der Waals surface area contributed by atoms with Crippen molar-refractivity contribution in [2.45, 2.75) is 0 Å². The van der Waals surface area contributed by atoms with Crippen molar-refractivity contribution < 1.29 is 4.42 Å². The Morgan fingerprint density at radius 2 is 0.694 bits per heavy atom. The largest absolute Gasteiger partial charge is 0.455 e. The molecule has 0 bridgehead atoms. The summed E-state index contributed by atoms with van der Waals surface area (Å²) in [5, 5.41) is 2.25. The standard InChI is InChI=1S/C60H41NO/c1-4-18-42(19-5-1)43-34-36-46(37-35-43)50-25-12-14-31-56(50)61(48-40-38-47(39-41-48)52-29-16-30-55-53-26-13-15-33-58(53)62-60(52)55)57-32-17-28-51(45-22-8-3-9-23-45)59(57)54-27-11-10-24-49(54)44-20-6-2-7-21-44/h1-41H. The number of benzene rings is 10. The van der Waals surface area contributed by atoms with E-state index in [0.29, 0.717) is 0 Å². The molecule has 62 heavy (non-hydrogen) atoms. The first-order chi connectivity index (χ1) is 30.8. The summed E-state index contributed by atoms with van der Waals surface area (Å²) in [5.41, 5.74) is 18.8. The van der Waals surface area contributed by atoms with Crippen molar-refractivity contribution in [3.05, 3.63) is 249 Å². The van der Waals surface area contributed by atoms with Gasteiger partial charge in [-0.25, -0.2) is 0 Å². The van der Waals surface area contributed by atoms with E-state index in [4.69, 9.17) is 4.42 Å². The van der Waals surface area contributed by atoms with Crippen molar-refractivity contribution >= 4 is 39.0 Å². The summed E-state index contributed by atoms with van der Waals surface area (Å²) in [6.45, 7) is 0. The molecule has 10 aromatic carbocycles. The molecule has 0 aliphatic rings.